The molecule has 1 aliphatic heterocycles. The van der Waals surface area contributed by atoms with Gasteiger partial charge in [-0.05, 0) is 27.7 Å². The van der Waals surface area contributed by atoms with Crippen molar-refractivity contribution in [3.63, 3.8) is 0 Å². The minimum Gasteiger partial charge on any atom is -0.370 e. The van der Waals surface area contributed by atoms with Gasteiger partial charge in [0.2, 0.25) is 0 Å². The highest BCUT2D eigenvalue weighted by Crippen LogP contribution is 2.25. The number of likely N-dealkylation sites (N-methyl/N-ethyl adjacent to an activating group) is 1. The fourth-order valence-corrected chi connectivity index (χ4v) is 2.15. The van der Waals surface area contributed by atoms with Gasteiger partial charge in [-0.1, -0.05) is 0 Å². The van der Waals surface area contributed by atoms with E-state index in [1.807, 2.05) is 0 Å². The van der Waals surface area contributed by atoms with Gasteiger partial charge in [0.05, 0.1) is 25.3 Å². The summed E-state index contributed by atoms with van der Waals surface area (Å²) in [6.07, 6.45) is 0. The van der Waals surface area contributed by atoms with Crippen LogP contribution in [-0.4, -0.2) is 42.9 Å². The average molecular weight is 172 g/mol. The van der Waals surface area contributed by atoms with Crippen LogP contribution in [0.3, 0.4) is 0 Å². The Bertz CT molecular complexity index is 142. The lowest BCUT2D eigenvalue weighted by atomic mass is 10.0. The summed E-state index contributed by atoms with van der Waals surface area (Å²) in [5.74, 6) is 0. The highest BCUT2D eigenvalue weighted by molar-refractivity contribution is 4.65. The maximum atomic E-state index is 5.41. The van der Waals surface area contributed by atoms with Crippen molar-refractivity contribution in [1.29, 1.82) is 0 Å². The van der Waals surface area contributed by atoms with E-state index >= 15 is 0 Å². The van der Waals surface area contributed by atoms with Crippen LogP contribution in [0.2, 0.25) is 0 Å². The molecule has 1 saturated heterocycles. The molecule has 1 heterocycles. The maximum absolute atomic E-state index is 5.41. The van der Waals surface area contributed by atoms with Gasteiger partial charge < -0.3 is 9.22 Å². The molecular formula is C10H22NO+. The van der Waals surface area contributed by atoms with Gasteiger partial charge in [-0.2, -0.15) is 0 Å². The van der Waals surface area contributed by atoms with E-state index in [0.717, 1.165) is 13.2 Å². The van der Waals surface area contributed by atoms with Gasteiger partial charge >= 0.3 is 0 Å². The Morgan fingerprint density at radius 2 is 1.67 bits per heavy atom. The van der Waals surface area contributed by atoms with Gasteiger partial charge in [-0.3, -0.25) is 0 Å². The summed E-state index contributed by atoms with van der Waals surface area (Å²) < 4.78 is 6.62. The highest BCUT2D eigenvalue weighted by Gasteiger charge is 2.39. The molecule has 0 atom stereocenters. The molecule has 0 spiro atoms. The Morgan fingerprint density at radius 1 is 1.17 bits per heavy atom. The van der Waals surface area contributed by atoms with E-state index < -0.39 is 0 Å². The number of quaternary nitrogens is 1. The number of hydrogen-bond acceptors (Lipinski definition) is 1. The number of nitrogens with zero attached hydrogens (tertiary/aromatic N) is 1. The maximum Gasteiger partial charge on any atom is 0.103 e. The van der Waals surface area contributed by atoms with Crippen LogP contribution in [0.4, 0.5) is 0 Å². The molecule has 0 aromatic carbocycles. The smallest absolute Gasteiger partial charge is 0.103 e. The van der Waals surface area contributed by atoms with E-state index in [2.05, 4.69) is 27.7 Å². The van der Waals surface area contributed by atoms with Crippen molar-refractivity contribution < 1.29 is 9.22 Å². The monoisotopic (exact) mass is 172 g/mol. The zero-order valence-electron chi connectivity index (χ0n) is 8.89. The van der Waals surface area contributed by atoms with Gasteiger partial charge in [0, 0.05) is 0 Å². The summed E-state index contributed by atoms with van der Waals surface area (Å²) >= 11 is 0. The minimum atomic E-state index is 0.374. The normalized spacial score (nSPS) is 24.0. The molecule has 1 rings (SSSR count). The van der Waals surface area contributed by atoms with Crippen LogP contribution in [0.5, 0.6) is 0 Å². The lowest BCUT2D eigenvalue weighted by Crippen LogP contribution is -2.64. The molecule has 72 valence electrons. The molecule has 0 bridgehead atoms. The summed E-state index contributed by atoms with van der Waals surface area (Å²) in [6, 6.07) is 0. The van der Waals surface area contributed by atoms with E-state index in [0.29, 0.717) is 5.54 Å². The van der Waals surface area contributed by atoms with E-state index in [9.17, 15) is 0 Å². The number of rotatable bonds is 1. The van der Waals surface area contributed by atoms with Crippen molar-refractivity contribution in [3.8, 4) is 0 Å². The average Bonchev–Trinajstić information content (AvgIpc) is 2.04. The van der Waals surface area contributed by atoms with Gasteiger partial charge in [0.15, 0.2) is 0 Å². The van der Waals surface area contributed by atoms with E-state index in [1.165, 1.54) is 24.1 Å². The standard InChI is InChI=1S/C10H22NO/c1-5-11(10(2,3)4)6-8-12-9-7-11/h5-9H2,1-4H3/q+1. The zero-order valence-corrected chi connectivity index (χ0v) is 8.89. The van der Waals surface area contributed by atoms with Crippen molar-refractivity contribution in [2.75, 3.05) is 32.8 Å². The van der Waals surface area contributed by atoms with Gasteiger partial charge in [-0.15, -0.1) is 0 Å². The van der Waals surface area contributed by atoms with Gasteiger partial charge in [-0.25, -0.2) is 0 Å². The van der Waals surface area contributed by atoms with Gasteiger partial charge in [0.1, 0.15) is 13.1 Å². The molecule has 0 saturated carbocycles. The third kappa shape index (κ3) is 1.64. The number of morpholine rings is 1. The molecule has 0 aromatic heterocycles. The summed E-state index contributed by atoms with van der Waals surface area (Å²) in [7, 11) is 0. The Labute approximate surface area is 76.1 Å². The van der Waals surface area contributed by atoms with Crippen molar-refractivity contribution in [1.82, 2.24) is 0 Å². The van der Waals surface area contributed by atoms with Crippen molar-refractivity contribution in [2.24, 2.45) is 0 Å². The largest absolute Gasteiger partial charge is 0.370 e. The second-order valence-corrected chi connectivity index (χ2v) is 4.69. The van der Waals surface area contributed by atoms with Crippen LogP contribution in [-0.2, 0) is 4.74 Å². The second kappa shape index (κ2) is 3.35. The molecule has 0 aromatic rings. The summed E-state index contributed by atoms with van der Waals surface area (Å²) in [5.41, 5.74) is 0.374. The predicted octanol–water partition coefficient (Wildman–Crippen LogP) is 1.65. The van der Waals surface area contributed by atoms with E-state index in [1.54, 1.807) is 0 Å². The Hall–Kier alpha value is -0.0800. The van der Waals surface area contributed by atoms with Crippen molar-refractivity contribution in [3.05, 3.63) is 0 Å². The molecule has 0 unspecified atom stereocenters. The van der Waals surface area contributed by atoms with Crippen molar-refractivity contribution in [2.45, 2.75) is 33.2 Å². The molecule has 0 radical (unpaired) electrons. The van der Waals surface area contributed by atoms with Crippen molar-refractivity contribution >= 4 is 0 Å². The molecular weight excluding hydrogens is 150 g/mol. The van der Waals surface area contributed by atoms with E-state index in [-0.39, 0.29) is 0 Å². The molecule has 2 nitrogen and oxygen atoms in total. The highest BCUT2D eigenvalue weighted by atomic mass is 16.5. The SMILES string of the molecule is CC[N+]1(C(C)(C)C)CCOCC1. The lowest BCUT2D eigenvalue weighted by Gasteiger charge is -2.50. The summed E-state index contributed by atoms with van der Waals surface area (Å²) in [6.45, 7) is 14.8. The zero-order chi connectivity index (χ0) is 9.24. The molecule has 0 N–H and O–H groups in total. The molecule has 1 fully saturated rings. The fourth-order valence-electron chi connectivity index (χ4n) is 2.15. The Morgan fingerprint density at radius 3 is 1.92 bits per heavy atom. The third-order valence-electron chi connectivity index (χ3n) is 3.36. The fraction of sp³-hybridized carbons (Fsp3) is 1.00. The minimum absolute atomic E-state index is 0.374. The summed E-state index contributed by atoms with van der Waals surface area (Å²) in [4.78, 5) is 0. The molecule has 1 aliphatic rings. The first-order valence-corrected chi connectivity index (χ1v) is 4.96. The quantitative estimate of drug-likeness (QED) is 0.546. The first-order chi connectivity index (χ1) is 5.52. The second-order valence-electron chi connectivity index (χ2n) is 4.69. The summed E-state index contributed by atoms with van der Waals surface area (Å²) in [5, 5.41) is 0. The first-order valence-electron chi connectivity index (χ1n) is 4.96. The van der Waals surface area contributed by atoms with Crippen LogP contribution in [0.1, 0.15) is 27.7 Å². The molecule has 0 aliphatic carbocycles. The van der Waals surface area contributed by atoms with Crippen LogP contribution < -0.4 is 0 Å². The topological polar surface area (TPSA) is 9.23 Å². The number of ether oxygens (including phenoxy) is 1. The van der Waals surface area contributed by atoms with Gasteiger partial charge in [0.25, 0.3) is 0 Å². The van der Waals surface area contributed by atoms with E-state index in [4.69, 9.17) is 4.74 Å². The van der Waals surface area contributed by atoms with Crippen LogP contribution in [0.25, 0.3) is 0 Å². The molecule has 12 heavy (non-hydrogen) atoms. The van der Waals surface area contributed by atoms with Crippen LogP contribution in [0.15, 0.2) is 0 Å². The van der Waals surface area contributed by atoms with Crippen LogP contribution >= 0.6 is 0 Å². The third-order valence-corrected chi connectivity index (χ3v) is 3.36. The molecule has 0 amide bonds. The lowest BCUT2D eigenvalue weighted by molar-refractivity contribution is -0.975. The Kier molecular flexibility index (Phi) is 2.79. The Balaban J connectivity index is 2.73. The first kappa shape index (κ1) is 10.0. The van der Waals surface area contributed by atoms with Crippen LogP contribution in [0, 0.1) is 0 Å². The molecule has 2 heteroatoms. The predicted molar refractivity (Wildman–Crippen MR) is 51.1 cm³/mol. The number of hydrogen-bond donors (Lipinski definition) is 0.